The molecule has 1 aliphatic carbocycles. The summed E-state index contributed by atoms with van der Waals surface area (Å²) in [4.78, 5) is 51.5. The number of nitrogens with one attached hydrogen (secondary N) is 1. The summed E-state index contributed by atoms with van der Waals surface area (Å²) >= 11 is 0. The maximum atomic E-state index is 13.5. The molecule has 1 saturated carbocycles. The number of carboxylic acid groups (broad SMARTS) is 1. The molecule has 0 radical (unpaired) electrons. The van der Waals surface area contributed by atoms with Crippen molar-refractivity contribution in [1.29, 1.82) is 0 Å². The third-order valence-electron chi connectivity index (χ3n) is 11.7. The van der Waals surface area contributed by atoms with Crippen LogP contribution in [0.5, 0.6) is 0 Å². The summed E-state index contributed by atoms with van der Waals surface area (Å²) in [5.74, 6) is 0.746. The molecule has 0 spiro atoms. The number of carboxylic acids is 1. The summed E-state index contributed by atoms with van der Waals surface area (Å²) in [5.41, 5.74) is 2.87. The lowest BCUT2D eigenvalue weighted by atomic mass is 9.72. The number of piperidine rings is 1. The number of aliphatic carboxylic acids is 1. The molecule has 3 fully saturated rings. The van der Waals surface area contributed by atoms with E-state index in [1.165, 1.54) is 80.5 Å². The highest BCUT2D eigenvalue weighted by molar-refractivity contribution is 7.92. The zero-order chi connectivity index (χ0) is 37.7. The van der Waals surface area contributed by atoms with E-state index in [2.05, 4.69) is 27.1 Å². The highest BCUT2D eigenvalue weighted by Gasteiger charge is 2.39. The van der Waals surface area contributed by atoms with Crippen LogP contribution >= 0.6 is 0 Å². The average Bonchev–Trinajstić information content (AvgIpc) is 3.14. The molecule has 3 aliphatic rings. The maximum Gasteiger partial charge on any atom is 0.310 e. The van der Waals surface area contributed by atoms with E-state index in [9.17, 15) is 27.9 Å². The Bertz CT molecular complexity index is 1830. The minimum absolute atomic E-state index is 0.0760. The predicted octanol–water partition coefficient (Wildman–Crippen LogP) is 6.03. The lowest BCUT2D eigenvalue weighted by Gasteiger charge is -2.39. The number of anilines is 1. The van der Waals surface area contributed by atoms with Crippen LogP contribution in [0.1, 0.15) is 88.1 Å². The summed E-state index contributed by atoms with van der Waals surface area (Å²) in [7, 11) is -3.51. The molecule has 0 unspecified atom stereocenters. The molecule has 3 heterocycles. The van der Waals surface area contributed by atoms with Crippen LogP contribution in [0.4, 0.5) is 5.69 Å². The Hall–Kier alpha value is -4.32. The first kappa shape index (κ1) is 38.4. The first-order valence-corrected chi connectivity index (χ1v) is 20.8. The minimum atomic E-state index is -3.51. The molecule has 1 atom stereocenters. The second-order valence-corrected chi connectivity index (χ2v) is 18.0. The number of sulfone groups is 1. The van der Waals surface area contributed by atoms with Gasteiger partial charge in [-0.3, -0.25) is 14.4 Å². The van der Waals surface area contributed by atoms with Gasteiger partial charge >= 0.3 is 5.97 Å². The van der Waals surface area contributed by atoms with E-state index in [1.807, 2.05) is 36.7 Å². The fraction of sp³-hybridized carbons (Fsp3) is 0.537. The largest absolute Gasteiger partial charge is 0.481 e. The maximum absolute atomic E-state index is 13.5. The Morgan fingerprint density at radius 2 is 1.47 bits per heavy atom. The van der Waals surface area contributed by atoms with Gasteiger partial charge < -0.3 is 20.2 Å². The van der Waals surface area contributed by atoms with Crippen molar-refractivity contribution >= 4 is 33.3 Å². The number of nitrogens with zero attached hydrogens (tertiary/aromatic N) is 4. The molecule has 2 N–H and O–H groups in total. The van der Waals surface area contributed by atoms with Crippen molar-refractivity contribution in [1.82, 2.24) is 20.2 Å². The molecule has 6 rings (SSSR count). The van der Waals surface area contributed by atoms with E-state index in [4.69, 9.17) is 0 Å². The summed E-state index contributed by atoms with van der Waals surface area (Å²) in [6, 6.07) is 12.2. The van der Waals surface area contributed by atoms with Crippen molar-refractivity contribution in [2.45, 2.75) is 94.7 Å². The number of benzene rings is 2. The number of hydrogen-bond acceptors (Lipinski definition) is 8. The normalized spacial score (nSPS) is 20.5. The first-order chi connectivity index (χ1) is 25.4. The molecular weight excluding hydrogens is 691 g/mol. The Morgan fingerprint density at radius 1 is 0.868 bits per heavy atom. The van der Waals surface area contributed by atoms with E-state index < -0.39 is 38.9 Å². The molecule has 2 aliphatic heterocycles. The molecule has 2 saturated heterocycles. The molecule has 284 valence electrons. The summed E-state index contributed by atoms with van der Waals surface area (Å²) < 4.78 is 25.1. The van der Waals surface area contributed by atoms with Gasteiger partial charge in [-0.1, -0.05) is 56.9 Å². The van der Waals surface area contributed by atoms with E-state index in [0.29, 0.717) is 5.82 Å². The summed E-state index contributed by atoms with van der Waals surface area (Å²) in [5, 5.41) is 11.5. The molecule has 2 aromatic carbocycles. The number of aromatic nitrogens is 2. The minimum Gasteiger partial charge on any atom is -0.481 e. The van der Waals surface area contributed by atoms with Crippen LogP contribution in [0.2, 0.25) is 0 Å². The molecule has 53 heavy (non-hydrogen) atoms. The number of amides is 2. The molecule has 12 heteroatoms. The van der Waals surface area contributed by atoms with Crippen molar-refractivity contribution < 1.29 is 27.9 Å². The molecule has 1 aromatic heterocycles. The van der Waals surface area contributed by atoms with Gasteiger partial charge in [0.2, 0.25) is 5.91 Å². The smallest absolute Gasteiger partial charge is 0.310 e. The van der Waals surface area contributed by atoms with Crippen LogP contribution in [0.3, 0.4) is 0 Å². The van der Waals surface area contributed by atoms with Crippen LogP contribution in [0.15, 0.2) is 65.8 Å². The lowest BCUT2D eigenvalue weighted by molar-refractivity contribution is -0.153. The second-order valence-electron chi connectivity index (χ2n) is 15.5. The Morgan fingerprint density at radius 3 is 2.04 bits per heavy atom. The fourth-order valence-electron chi connectivity index (χ4n) is 8.19. The Balaban J connectivity index is 1.07. The van der Waals surface area contributed by atoms with Crippen LogP contribution in [-0.4, -0.2) is 83.6 Å². The SMILES string of the molecule is CCCC1CCC(C2CCN(c3cnc(-c4ccc(C[C@H](NC(=O)c5ccc(S(=O)(=O)C(C)C)cc5)C(=O)N5CC(C(=O)O)C5)cc4)nc3)CC2)CC1. The van der Waals surface area contributed by atoms with E-state index in [0.717, 1.165) is 47.7 Å². The number of hydrogen-bond donors (Lipinski definition) is 2. The monoisotopic (exact) mass is 743 g/mol. The zero-order valence-corrected chi connectivity index (χ0v) is 31.9. The first-order valence-electron chi connectivity index (χ1n) is 19.3. The van der Waals surface area contributed by atoms with Crippen LogP contribution in [0, 0.1) is 23.7 Å². The fourth-order valence-corrected chi connectivity index (χ4v) is 9.25. The van der Waals surface area contributed by atoms with Crippen molar-refractivity contribution in [2.24, 2.45) is 23.7 Å². The van der Waals surface area contributed by atoms with E-state index >= 15 is 0 Å². The van der Waals surface area contributed by atoms with Gasteiger partial charge in [-0.15, -0.1) is 0 Å². The molecule has 11 nitrogen and oxygen atoms in total. The van der Waals surface area contributed by atoms with Gasteiger partial charge in [0.05, 0.1) is 34.1 Å². The highest BCUT2D eigenvalue weighted by Crippen LogP contribution is 2.39. The number of likely N-dealkylation sites (tertiary alicyclic amines) is 1. The third kappa shape index (κ3) is 9.08. The molecule has 3 aromatic rings. The van der Waals surface area contributed by atoms with Gasteiger partial charge in [-0.05, 0) is 87.1 Å². The predicted molar refractivity (Wildman–Crippen MR) is 204 cm³/mol. The van der Waals surface area contributed by atoms with Gasteiger partial charge in [0, 0.05) is 43.7 Å². The van der Waals surface area contributed by atoms with Crippen molar-refractivity contribution in [3.63, 3.8) is 0 Å². The van der Waals surface area contributed by atoms with Gasteiger partial charge in [0.15, 0.2) is 15.7 Å². The van der Waals surface area contributed by atoms with Gasteiger partial charge in [-0.25, -0.2) is 18.4 Å². The quantitative estimate of drug-likeness (QED) is 0.214. The average molecular weight is 744 g/mol. The van der Waals surface area contributed by atoms with Gasteiger partial charge in [0.25, 0.3) is 5.91 Å². The Kier molecular flexibility index (Phi) is 12.2. The lowest BCUT2D eigenvalue weighted by Crippen LogP contribution is -2.59. The van der Waals surface area contributed by atoms with Gasteiger partial charge in [-0.2, -0.15) is 0 Å². The summed E-state index contributed by atoms with van der Waals surface area (Å²) in [6.45, 7) is 7.71. The molecule has 2 amide bonds. The van der Waals surface area contributed by atoms with Crippen LogP contribution in [0.25, 0.3) is 11.4 Å². The van der Waals surface area contributed by atoms with E-state index in [-0.39, 0.29) is 35.9 Å². The van der Waals surface area contributed by atoms with Crippen molar-refractivity contribution in [2.75, 3.05) is 31.1 Å². The third-order valence-corrected chi connectivity index (χ3v) is 13.8. The number of carbonyl (C=O) groups is 3. The second kappa shape index (κ2) is 16.8. The Labute approximate surface area is 313 Å². The summed E-state index contributed by atoms with van der Waals surface area (Å²) in [6.07, 6.45) is 14.7. The molecular formula is C41H53N5O6S. The number of carbonyl (C=O) groups excluding carboxylic acids is 2. The standard InChI is InChI=1S/C41H53N5O6S/c1-4-5-28-6-10-30(11-7-28)31-18-20-45(21-19-31)35-23-42-38(43-24-35)32-12-8-29(9-13-32)22-37(40(48)46-25-34(26-46)41(49)50)44-39(47)33-14-16-36(17-15-33)53(51,52)27(2)3/h8-9,12-17,23-24,27-28,30-31,34,37H,4-7,10-11,18-22,25-26H2,1-3H3,(H,44,47)(H,49,50)/t28?,30?,37-/m0/s1. The zero-order valence-electron chi connectivity index (χ0n) is 31.1. The number of rotatable bonds is 13. The topological polar surface area (TPSA) is 150 Å². The van der Waals surface area contributed by atoms with Crippen molar-refractivity contribution in [3.8, 4) is 11.4 Å². The van der Waals surface area contributed by atoms with Gasteiger partial charge in [0.1, 0.15) is 6.04 Å². The molecule has 0 bridgehead atoms. The van der Waals surface area contributed by atoms with Crippen LogP contribution < -0.4 is 10.2 Å². The van der Waals surface area contributed by atoms with Crippen molar-refractivity contribution in [3.05, 3.63) is 72.1 Å². The highest BCUT2D eigenvalue weighted by atomic mass is 32.2. The van der Waals surface area contributed by atoms with Crippen LogP contribution in [-0.2, 0) is 25.8 Å². The van der Waals surface area contributed by atoms with E-state index in [1.54, 1.807) is 13.8 Å².